The van der Waals surface area contributed by atoms with Gasteiger partial charge in [-0.05, 0) is 32.1 Å². The number of hydrogen-bond donors (Lipinski definition) is 12. The van der Waals surface area contributed by atoms with Crippen molar-refractivity contribution in [3.05, 3.63) is 24.3 Å². The van der Waals surface area contributed by atoms with Crippen molar-refractivity contribution in [3.63, 3.8) is 0 Å². The zero-order chi connectivity index (χ0) is 65.4. The topological polar surface area (TPSA) is 307 Å². The van der Waals surface area contributed by atoms with Crippen LogP contribution < -0.4 is 5.32 Å². The first-order valence-electron chi connectivity index (χ1n) is 36.6. The second-order valence-electron chi connectivity index (χ2n) is 26.4. The molecule has 3 rings (SSSR count). The van der Waals surface area contributed by atoms with Crippen LogP contribution in [0.25, 0.3) is 0 Å². The van der Waals surface area contributed by atoms with Gasteiger partial charge in [-0.2, -0.15) is 0 Å². The van der Waals surface area contributed by atoms with Gasteiger partial charge in [-0.3, -0.25) is 4.79 Å². The van der Waals surface area contributed by atoms with Crippen LogP contribution in [0.4, 0.5) is 0 Å². The molecule has 1 amide bonds. The Kier molecular flexibility index (Phi) is 49.0. The summed E-state index contributed by atoms with van der Waals surface area (Å²) in [5.41, 5.74) is 0. The lowest BCUT2D eigenvalue weighted by Crippen LogP contribution is -2.66. The van der Waals surface area contributed by atoms with Gasteiger partial charge in [0, 0.05) is 6.42 Å². The Morgan fingerprint density at radius 1 is 0.389 bits per heavy atom. The number of ether oxygens (including phenoxy) is 6. The van der Waals surface area contributed by atoms with E-state index in [1.165, 1.54) is 218 Å². The molecule has 0 aromatic rings. The first kappa shape index (κ1) is 82.5. The van der Waals surface area contributed by atoms with Gasteiger partial charge in [0.05, 0.1) is 38.6 Å². The van der Waals surface area contributed by atoms with Crippen molar-refractivity contribution in [2.24, 2.45) is 0 Å². The highest BCUT2D eigenvalue weighted by atomic mass is 16.8. The number of amides is 1. The Hall–Kier alpha value is -1.73. The molecule has 3 fully saturated rings. The minimum Gasteiger partial charge on any atom is -0.394 e. The number of unbranched alkanes of at least 4 members (excludes halogenated alkanes) is 39. The van der Waals surface area contributed by atoms with Crippen LogP contribution in [-0.4, -0.2) is 193 Å². The van der Waals surface area contributed by atoms with E-state index in [9.17, 15) is 61.0 Å². The van der Waals surface area contributed by atoms with Crippen LogP contribution in [0.5, 0.6) is 0 Å². The zero-order valence-electron chi connectivity index (χ0n) is 56.1. The molecule has 0 bridgehead atoms. The van der Waals surface area contributed by atoms with E-state index in [0.717, 1.165) is 38.5 Å². The fourth-order valence-electron chi connectivity index (χ4n) is 12.6. The van der Waals surface area contributed by atoms with E-state index in [4.69, 9.17) is 28.4 Å². The Morgan fingerprint density at radius 2 is 0.711 bits per heavy atom. The highest BCUT2D eigenvalue weighted by Crippen LogP contribution is 2.33. The smallest absolute Gasteiger partial charge is 0.220 e. The van der Waals surface area contributed by atoms with Crippen molar-refractivity contribution in [2.45, 2.75) is 394 Å². The fraction of sp³-hybridized carbons (Fsp3) is 0.930. The standard InChI is InChI=1S/C71H133NO18/c1-3-5-7-9-11-13-15-17-19-21-23-24-25-26-27-28-29-30-31-32-34-36-38-40-42-44-46-48-55(76)54(72-59(77)49-47-45-43-41-39-37-35-33-22-20-18-16-14-12-10-8-6-4-2)53-85-69-65(83)62(80)67(57(51-74)87-69)90-71-66(84)63(81)68(58(52-75)88-71)89-70-64(82)61(79)60(78)56(50-73)86-70/h38,40,46,48,54-58,60-71,73-76,78-84H,3-37,39,41-45,47,49-53H2,1-2H3,(H,72,77)/b40-38+,48-46+. The summed E-state index contributed by atoms with van der Waals surface area (Å²) in [7, 11) is 0. The molecule has 0 radical (unpaired) electrons. The molecule has 17 atom stereocenters. The Balaban J connectivity index is 1.43. The second-order valence-corrected chi connectivity index (χ2v) is 26.4. The van der Waals surface area contributed by atoms with Crippen LogP contribution in [-0.2, 0) is 33.2 Å². The van der Waals surface area contributed by atoms with Crippen molar-refractivity contribution >= 4 is 5.91 Å². The third-order valence-electron chi connectivity index (χ3n) is 18.5. The van der Waals surface area contributed by atoms with Crippen LogP contribution in [0, 0.1) is 0 Å². The van der Waals surface area contributed by atoms with E-state index in [1.807, 2.05) is 6.08 Å². The number of hydrogen-bond acceptors (Lipinski definition) is 18. The molecule has 3 heterocycles. The maximum absolute atomic E-state index is 13.4. The number of carbonyl (C=O) groups is 1. The van der Waals surface area contributed by atoms with Crippen molar-refractivity contribution < 1.29 is 89.4 Å². The lowest BCUT2D eigenvalue weighted by molar-refractivity contribution is -0.379. The van der Waals surface area contributed by atoms with Gasteiger partial charge in [0.1, 0.15) is 73.2 Å². The molecule has 19 heteroatoms. The second kappa shape index (κ2) is 53.4. The number of allylic oxidation sites excluding steroid dienone is 3. The average Bonchev–Trinajstić information content (AvgIpc) is 1.17. The van der Waals surface area contributed by atoms with Gasteiger partial charge in [0.2, 0.25) is 5.91 Å². The van der Waals surface area contributed by atoms with E-state index >= 15 is 0 Å². The molecule has 3 aliphatic heterocycles. The summed E-state index contributed by atoms with van der Waals surface area (Å²) in [4.78, 5) is 13.4. The summed E-state index contributed by atoms with van der Waals surface area (Å²) in [5.74, 6) is -0.280. The quantitative estimate of drug-likeness (QED) is 0.0199. The van der Waals surface area contributed by atoms with Gasteiger partial charge in [-0.1, -0.05) is 276 Å². The summed E-state index contributed by atoms with van der Waals surface area (Å²) in [6.45, 7) is 1.76. The van der Waals surface area contributed by atoms with Crippen molar-refractivity contribution in [1.29, 1.82) is 0 Å². The predicted molar refractivity (Wildman–Crippen MR) is 351 cm³/mol. The van der Waals surface area contributed by atoms with Gasteiger partial charge in [0.15, 0.2) is 18.9 Å². The normalized spacial score (nSPS) is 28.1. The largest absolute Gasteiger partial charge is 0.394 e. The van der Waals surface area contributed by atoms with Crippen LogP contribution >= 0.6 is 0 Å². The van der Waals surface area contributed by atoms with Gasteiger partial charge in [-0.15, -0.1) is 0 Å². The lowest BCUT2D eigenvalue weighted by atomic mass is 9.96. The summed E-state index contributed by atoms with van der Waals surface area (Å²) >= 11 is 0. The maximum Gasteiger partial charge on any atom is 0.220 e. The molecule has 0 saturated carbocycles. The molecular weight excluding hydrogens is 1150 g/mol. The van der Waals surface area contributed by atoms with Crippen molar-refractivity contribution in [2.75, 3.05) is 26.4 Å². The van der Waals surface area contributed by atoms with Crippen LogP contribution in [0.1, 0.15) is 290 Å². The van der Waals surface area contributed by atoms with Gasteiger partial charge >= 0.3 is 0 Å². The minimum atomic E-state index is -1.98. The van der Waals surface area contributed by atoms with Crippen LogP contribution in [0.15, 0.2) is 24.3 Å². The molecule has 12 N–H and O–H groups in total. The van der Waals surface area contributed by atoms with Gasteiger partial charge in [0.25, 0.3) is 0 Å². The number of nitrogens with one attached hydrogen (secondary N) is 1. The summed E-state index contributed by atoms with van der Waals surface area (Å²) in [6.07, 6.45) is 34.5. The molecule has 530 valence electrons. The summed E-state index contributed by atoms with van der Waals surface area (Å²) in [5, 5.41) is 121. The third-order valence-corrected chi connectivity index (χ3v) is 18.5. The van der Waals surface area contributed by atoms with E-state index in [1.54, 1.807) is 6.08 Å². The van der Waals surface area contributed by atoms with E-state index < -0.39 is 124 Å². The minimum absolute atomic E-state index is 0.241. The fourth-order valence-corrected chi connectivity index (χ4v) is 12.6. The lowest BCUT2D eigenvalue weighted by Gasteiger charge is -2.48. The highest BCUT2D eigenvalue weighted by Gasteiger charge is 2.53. The first-order valence-corrected chi connectivity index (χ1v) is 36.6. The number of carbonyl (C=O) groups excluding carboxylic acids is 1. The van der Waals surface area contributed by atoms with Crippen LogP contribution in [0.3, 0.4) is 0 Å². The zero-order valence-corrected chi connectivity index (χ0v) is 56.1. The van der Waals surface area contributed by atoms with E-state index in [0.29, 0.717) is 12.8 Å². The molecular formula is C71H133NO18. The van der Waals surface area contributed by atoms with Gasteiger partial charge in [-0.25, -0.2) is 0 Å². The van der Waals surface area contributed by atoms with E-state index in [-0.39, 0.29) is 18.9 Å². The molecule has 0 aliphatic carbocycles. The number of aliphatic hydroxyl groups excluding tert-OH is 11. The molecule has 0 aromatic carbocycles. The highest BCUT2D eigenvalue weighted by molar-refractivity contribution is 5.76. The van der Waals surface area contributed by atoms with Gasteiger partial charge < -0.3 is 89.9 Å². The monoisotopic (exact) mass is 1290 g/mol. The Bertz CT molecular complexity index is 1730. The molecule has 0 aromatic heterocycles. The van der Waals surface area contributed by atoms with Crippen LogP contribution in [0.2, 0.25) is 0 Å². The molecule has 17 unspecified atom stereocenters. The predicted octanol–water partition coefficient (Wildman–Crippen LogP) is 10.2. The molecule has 19 nitrogen and oxygen atoms in total. The summed E-state index contributed by atoms with van der Waals surface area (Å²) < 4.78 is 34.4. The SMILES string of the molecule is CCCCCCCCCCCCCCCCCCCCCCC/C=C/CC/C=C/C(O)C(COC1OC(CO)C(OC2OC(CO)C(OC3OC(CO)C(O)C(O)C3O)C(O)C2O)C(O)C1O)NC(=O)CCCCCCCCCCCCCCCCCCCC. The summed E-state index contributed by atoms with van der Waals surface area (Å²) in [6, 6.07) is -0.987. The van der Waals surface area contributed by atoms with E-state index in [2.05, 4.69) is 31.3 Å². The van der Waals surface area contributed by atoms with Crippen molar-refractivity contribution in [3.8, 4) is 0 Å². The van der Waals surface area contributed by atoms with Crippen molar-refractivity contribution in [1.82, 2.24) is 5.32 Å². The first-order chi connectivity index (χ1) is 43.8. The molecule has 3 saturated heterocycles. The number of aliphatic hydroxyl groups is 11. The average molecular weight is 1290 g/mol. The molecule has 90 heavy (non-hydrogen) atoms. The molecule has 3 aliphatic rings. The third kappa shape index (κ3) is 34.8. The Morgan fingerprint density at radius 3 is 1.11 bits per heavy atom. The number of rotatable bonds is 57. The maximum atomic E-state index is 13.4. The molecule has 0 spiro atoms. The Labute approximate surface area is 543 Å².